The Bertz CT molecular complexity index is 795. The zero-order valence-electron chi connectivity index (χ0n) is 17.7. The first-order chi connectivity index (χ1) is 13.7. The molecule has 0 aliphatic rings. The maximum Gasteiger partial charge on any atom is 0.407 e. The highest BCUT2D eigenvalue weighted by atomic mass is 16.6. The van der Waals surface area contributed by atoms with Gasteiger partial charge in [0, 0.05) is 31.9 Å². The molecule has 2 aromatic rings. The van der Waals surface area contributed by atoms with E-state index >= 15 is 0 Å². The molecule has 0 fully saturated rings. The Balaban J connectivity index is 2.03. The van der Waals surface area contributed by atoms with Crippen LogP contribution in [0.3, 0.4) is 0 Å². The fourth-order valence-electron chi connectivity index (χ4n) is 2.91. The summed E-state index contributed by atoms with van der Waals surface area (Å²) < 4.78 is 12.3. The molecular weight excluding hydrogens is 370 g/mol. The first-order valence-electron chi connectivity index (χ1n) is 9.95. The molecule has 158 valence electrons. The standard InChI is InChI=1S/C22H31N3O4/c1-5-28-20(26)7-6-17-12-18(8-9-24-21(27)29-22(2,3)4)14-19(13-17)15-25-11-10-23-16-25/h10-14,16H,5-9,15H2,1-4H3,(H,24,27). The van der Waals surface area contributed by atoms with Crippen LogP contribution >= 0.6 is 0 Å². The summed E-state index contributed by atoms with van der Waals surface area (Å²) in [6, 6.07) is 6.29. The summed E-state index contributed by atoms with van der Waals surface area (Å²) in [4.78, 5) is 27.6. The SMILES string of the molecule is CCOC(=O)CCc1cc(CCNC(=O)OC(C)(C)C)cc(Cn2ccnc2)c1. The van der Waals surface area contributed by atoms with E-state index in [1.54, 1.807) is 19.4 Å². The number of aryl methyl sites for hydroxylation is 1. The van der Waals surface area contributed by atoms with Gasteiger partial charge in [0.15, 0.2) is 0 Å². The number of benzene rings is 1. The highest BCUT2D eigenvalue weighted by Gasteiger charge is 2.15. The molecule has 1 amide bonds. The highest BCUT2D eigenvalue weighted by Crippen LogP contribution is 2.15. The number of hydrogen-bond acceptors (Lipinski definition) is 5. The summed E-state index contributed by atoms with van der Waals surface area (Å²) in [5, 5.41) is 2.79. The van der Waals surface area contributed by atoms with Crippen molar-refractivity contribution in [2.24, 2.45) is 0 Å². The van der Waals surface area contributed by atoms with Crippen LogP contribution in [0.15, 0.2) is 36.9 Å². The van der Waals surface area contributed by atoms with Crippen LogP contribution in [0, 0.1) is 0 Å². The molecule has 7 nitrogen and oxygen atoms in total. The van der Waals surface area contributed by atoms with Crippen LogP contribution in [0.25, 0.3) is 0 Å². The molecule has 0 bridgehead atoms. The molecule has 0 aliphatic heterocycles. The number of imidazole rings is 1. The van der Waals surface area contributed by atoms with Crippen molar-refractivity contribution >= 4 is 12.1 Å². The normalized spacial score (nSPS) is 11.2. The zero-order chi connectivity index (χ0) is 21.3. The van der Waals surface area contributed by atoms with Crippen molar-refractivity contribution < 1.29 is 19.1 Å². The second kappa shape index (κ2) is 10.6. The number of hydrogen-bond donors (Lipinski definition) is 1. The van der Waals surface area contributed by atoms with E-state index in [0.29, 0.717) is 39.0 Å². The molecule has 0 saturated carbocycles. The molecule has 7 heteroatoms. The van der Waals surface area contributed by atoms with Gasteiger partial charge in [-0.3, -0.25) is 4.79 Å². The second-order valence-corrected chi connectivity index (χ2v) is 7.88. The Morgan fingerprint density at radius 1 is 1.10 bits per heavy atom. The smallest absolute Gasteiger partial charge is 0.407 e. The van der Waals surface area contributed by atoms with Crippen molar-refractivity contribution in [2.45, 2.75) is 59.1 Å². The number of carbonyl (C=O) groups is 2. The Morgan fingerprint density at radius 2 is 1.79 bits per heavy atom. The lowest BCUT2D eigenvalue weighted by molar-refractivity contribution is -0.143. The Kier molecular flexibility index (Phi) is 8.24. The van der Waals surface area contributed by atoms with Crippen molar-refractivity contribution in [3.63, 3.8) is 0 Å². The van der Waals surface area contributed by atoms with Gasteiger partial charge in [0.2, 0.25) is 0 Å². The van der Waals surface area contributed by atoms with Crippen molar-refractivity contribution in [1.82, 2.24) is 14.9 Å². The highest BCUT2D eigenvalue weighted by molar-refractivity contribution is 5.69. The minimum atomic E-state index is -0.519. The van der Waals surface area contributed by atoms with E-state index in [9.17, 15) is 9.59 Å². The fraction of sp³-hybridized carbons (Fsp3) is 0.500. The van der Waals surface area contributed by atoms with Crippen molar-refractivity contribution in [2.75, 3.05) is 13.2 Å². The molecule has 1 N–H and O–H groups in total. The molecule has 0 spiro atoms. The van der Waals surface area contributed by atoms with Crippen molar-refractivity contribution in [3.8, 4) is 0 Å². The third-order valence-corrected chi connectivity index (χ3v) is 4.04. The number of esters is 1. The maximum atomic E-state index is 11.8. The minimum Gasteiger partial charge on any atom is -0.466 e. The van der Waals surface area contributed by atoms with Crippen LogP contribution in [0.4, 0.5) is 4.79 Å². The molecular formula is C22H31N3O4. The number of ether oxygens (including phenoxy) is 2. The quantitative estimate of drug-likeness (QED) is 0.651. The van der Waals surface area contributed by atoms with Gasteiger partial charge in [-0.2, -0.15) is 0 Å². The van der Waals surface area contributed by atoms with E-state index in [-0.39, 0.29) is 5.97 Å². The molecule has 0 unspecified atom stereocenters. The average Bonchev–Trinajstić information content (AvgIpc) is 3.11. The van der Waals surface area contributed by atoms with Crippen LogP contribution in [-0.4, -0.2) is 40.4 Å². The molecule has 1 aromatic carbocycles. The first-order valence-corrected chi connectivity index (χ1v) is 9.95. The summed E-state index contributed by atoms with van der Waals surface area (Å²) in [5.41, 5.74) is 2.77. The third kappa shape index (κ3) is 8.81. The van der Waals surface area contributed by atoms with Crippen LogP contribution in [0.2, 0.25) is 0 Å². The molecule has 1 aromatic heterocycles. The number of nitrogens with one attached hydrogen (secondary N) is 1. The summed E-state index contributed by atoms with van der Waals surface area (Å²) in [6.45, 7) is 8.87. The van der Waals surface area contributed by atoms with Crippen LogP contribution in [-0.2, 0) is 33.7 Å². The maximum absolute atomic E-state index is 11.8. The van der Waals surface area contributed by atoms with E-state index in [1.165, 1.54) is 0 Å². The Hall–Kier alpha value is -2.83. The molecule has 1 heterocycles. The van der Waals surface area contributed by atoms with Crippen molar-refractivity contribution in [3.05, 3.63) is 53.6 Å². The number of alkyl carbamates (subject to hydrolysis) is 1. The Morgan fingerprint density at radius 3 is 2.41 bits per heavy atom. The molecule has 0 saturated heterocycles. The van der Waals surface area contributed by atoms with Gasteiger partial charge in [-0.05, 0) is 57.2 Å². The van der Waals surface area contributed by atoms with Gasteiger partial charge in [-0.1, -0.05) is 18.2 Å². The molecule has 0 radical (unpaired) electrons. The van der Waals surface area contributed by atoms with Gasteiger partial charge in [-0.25, -0.2) is 9.78 Å². The number of carbonyl (C=O) groups excluding carboxylic acids is 2. The lowest BCUT2D eigenvalue weighted by Crippen LogP contribution is -2.33. The summed E-state index contributed by atoms with van der Waals surface area (Å²) in [5.74, 6) is -0.194. The summed E-state index contributed by atoms with van der Waals surface area (Å²) in [7, 11) is 0. The van der Waals surface area contributed by atoms with E-state index in [1.807, 2.05) is 31.5 Å². The van der Waals surface area contributed by atoms with Gasteiger partial charge >= 0.3 is 12.1 Å². The minimum absolute atomic E-state index is 0.194. The van der Waals surface area contributed by atoms with E-state index in [0.717, 1.165) is 16.7 Å². The van der Waals surface area contributed by atoms with Gasteiger partial charge < -0.3 is 19.4 Å². The summed E-state index contributed by atoms with van der Waals surface area (Å²) in [6.07, 6.45) is 6.64. The third-order valence-electron chi connectivity index (χ3n) is 4.04. The first kappa shape index (κ1) is 22.5. The van der Waals surface area contributed by atoms with Gasteiger partial charge in [0.25, 0.3) is 0 Å². The lowest BCUT2D eigenvalue weighted by atomic mass is 10.0. The molecule has 2 rings (SSSR count). The number of aromatic nitrogens is 2. The second-order valence-electron chi connectivity index (χ2n) is 7.88. The van der Waals surface area contributed by atoms with Crippen LogP contribution in [0.5, 0.6) is 0 Å². The van der Waals surface area contributed by atoms with Gasteiger partial charge in [0.1, 0.15) is 5.60 Å². The lowest BCUT2D eigenvalue weighted by Gasteiger charge is -2.19. The molecule has 0 aliphatic carbocycles. The number of rotatable bonds is 9. The average molecular weight is 402 g/mol. The number of nitrogens with zero attached hydrogens (tertiary/aromatic N) is 2. The van der Waals surface area contributed by atoms with Crippen LogP contribution in [0.1, 0.15) is 50.8 Å². The predicted molar refractivity (Wildman–Crippen MR) is 111 cm³/mol. The fourth-order valence-corrected chi connectivity index (χ4v) is 2.91. The molecule has 0 atom stereocenters. The predicted octanol–water partition coefficient (Wildman–Crippen LogP) is 3.49. The molecule has 29 heavy (non-hydrogen) atoms. The van der Waals surface area contributed by atoms with Crippen LogP contribution < -0.4 is 5.32 Å². The van der Waals surface area contributed by atoms with Gasteiger partial charge in [0.05, 0.1) is 12.9 Å². The topological polar surface area (TPSA) is 82.5 Å². The summed E-state index contributed by atoms with van der Waals surface area (Å²) >= 11 is 0. The monoisotopic (exact) mass is 401 g/mol. The van der Waals surface area contributed by atoms with E-state index in [4.69, 9.17) is 9.47 Å². The number of amides is 1. The van der Waals surface area contributed by atoms with E-state index < -0.39 is 11.7 Å². The largest absolute Gasteiger partial charge is 0.466 e. The van der Waals surface area contributed by atoms with E-state index in [2.05, 4.69) is 28.5 Å². The van der Waals surface area contributed by atoms with Gasteiger partial charge in [-0.15, -0.1) is 0 Å². The van der Waals surface area contributed by atoms with Crippen molar-refractivity contribution in [1.29, 1.82) is 0 Å². The Labute approximate surface area is 172 Å². The zero-order valence-corrected chi connectivity index (χ0v) is 17.7.